The molecule has 0 heterocycles. The van der Waals surface area contributed by atoms with Crippen LogP contribution in [-0.4, -0.2) is 23.9 Å². The zero-order chi connectivity index (χ0) is 10.7. The lowest BCUT2D eigenvalue weighted by molar-refractivity contribution is 0.0755. The monoisotopic (exact) mass is 211 g/mol. The second-order valence-corrected chi connectivity index (χ2v) is 3.90. The molecule has 0 saturated heterocycles. The van der Waals surface area contributed by atoms with Gasteiger partial charge in [0.2, 0.25) is 0 Å². The zero-order valence-corrected chi connectivity index (χ0v) is 9.38. The van der Waals surface area contributed by atoms with Gasteiger partial charge in [0.25, 0.3) is 5.91 Å². The number of halogens is 1. The molecule has 1 aromatic rings. The van der Waals surface area contributed by atoms with Gasteiger partial charge in [-0.2, -0.15) is 0 Å². The second kappa shape index (κ2) is 4.47. The van der Waals surface area contributed by atoms with Crippen LogP contribution in [0.2, 0.25) is 5.02 Å². The van der Waals surface area contributed by atoms with Crippen molar-refractivity contribution < 1.29 is 4.79 Å². The number of hydrogen-bond donors (Lipinski definition) is 0. The number of rotatable bonds is 2. The Hall–Kier alpha value is -1.02. The van der Waals surface area contributed by atoms with Gasteiger partial charge >= 0.3 is 0 Å². The molecule has 1 aromatic carbocycles. The van der Waals surface area contributed by atoms with Crippen LogP contribution in [0.15, 0.2) is 24.3 Å². The smallest absolute Gasteiger partial charge is 0.255 e. The van der Waals surface area contributed by atoms with Crippen LogP contribution in [0.3, 0.4) is 0 Å². The van der Waals surface area contributed by atoms with Crippen molar-refractivity contribution in [3.8, 4) is 0 Å². The molecule has 0 aliphatic carbocycles. The fourth-order valence-corrected chi connectivity index (χ4v) is 1.28. The van der Waals surface area contributed by atoms with Crippen molar-refractivity contribution in [2.75, 3.05) is 7.05 Å². The minimum Gasteiger partial charge on any atom is -0.339 e. The Kier molecular flexibility index (Phi) is 3.53. The molecule has 0 radical (unpaired) electrons. The lowest BCUT2D eigenvalue weighted by Gasteiger charge is -2.21. The lowest BCUT2D eigenvalue weighted by atomic mass is 10.2. The van der Waals surface area contributed by atoms with Crippen molar-refractivity contribution >= 4 is 17.5 Å². The summed E-state index contributed by atoms with van der Waals surface area (Å²) < 4.78 is 0. The molecule has 76 valence electrons. The highest BCUT2D eigenvalue weighted by Gasteiger charge is 2.16. The summed E-state index contributed by atoms with van der Waals surface area (Å²) in [5, 5.41) is 0.505. The van der Waals surface area contributed by atoms with Crippen molar-refractivity contribution in [2.24, 2.45) is 0 Å². The average Bonchev–Trinajstić information content (AvgIpc) is 2.16. The minimum atomic E-state index is -0.0365. The SMILES string of the molecule is CC(C)N(C)C(=O)c1ccccc1Cl. The van der Waals surface area contributed by atoms with E-state index in [2.05, 4.69) is 0 Å². The van der Waals surface area contributed by atoms with Crippen molar-refractivity contribution in [1.29, 1.82) is 0 Å². The molecule has 3 heteroatoms. The van der Waals surface area contributed by atoms with Crippen molar-refractivity contribution in [2.45, 2.75) is 19.9 Å². The van der Waals surface area contributed by atoms with Crippen LogP contribution in [0.1, 0.15) is 24.2 Å². The zero-order valence-electron chi connectivity index (χ0n) is 8.62. The number of nitrogens with zero attached hydrogens (tertiary/aromatic N) is 1. The largest absolute Gasteiger partial charge is 0.339 e. The fourth-order valence-electron chi connectivity index (χ4n) is 1.06. The quantitative estimate of drug-likeness (QED) is 0.737. The summed E-state index contributed by atoms with van der Waals surface area (Å²) >= 11 is 5.92. The van der Waals surface area contributed by atoms with E-state index < -0.39 is 0 Å². The molecule has 2 nitrogen and oxygen atoms in total. The first-order valence-electron chi connectivity index (χ1n) is 4.55. The van der Waals surface area contributed by atoms with E-state index in [4.69, 9.17) is 11.6 Å². The van der Waals surface area contributed by atoms with Gasteiger partial charge in [-0.25, -0.2) is 0 Å². The Morgan fingerprint density at radius 2 is 1.93 bits per heavy atom. The molecule has 0 N–H and O–H groups in total. The van der Waals surface area contributed by atoms with Gasteiger partial charge in [-0.3, -0.25) is 4.79 Å². The first-order chi connectivity index (χ1) is 6.54. The minimum absolute atomic E-state index is 0.0365. The first kappa shape index (κ1) is 11.1. The highest BCUT2D eigenvalue weighted by Crippen LogP contribution is 2.17. The van der Waals surface area contributed by atoms with Crippen LogP contribution in [-0.2, 0) is 0 Å². The number of carbonyl (C=O) groups excluding carboxylic acids is 1. The molecule has 0 unspecified atom stereocenters. The van der Waals surface area contributed by atoms with E-state index in [-0.39, 0.29) is 11.9 Å². The highest BCUT2D eigenvalue weighted by atomic mass is 35.5. The summed E-state index contributed by atoms with van der Waals surface area (Å²) in [6, 6.07) is 7.27. The van der Waals surface area contributed by atoms with Gasteiger partial charge in [-0.05, 0) is 26.0 Å². The van der Waals surface area contributed by atoms with E-state index in [1.165, 1.54) is 0 Å². The summed E-state index contributed by atoms with van der Waals surface area (Å²) in [5.74, 6) is -0.0365. The molecular formula is C11H14ClNO. The van der Waals surface area contributed by atoms with Gasteiger partial charge in [0.1, 0.15) is 0 Å². The maximum atomic E-state index is 11.8. The molecule has 1 rings (SSSR count). The van der Waals surface area contributed by atoms with Gasteiger partial charge < -0.3 is 4.90 Å². The second-order valence-electron chi connectivity index (χ2n) is 3.49. The third kappa shape index (κ3) is 2.26. The number of hydrogen-bond acceptors (Lipinski definition) is 1. The van der Waals surface area contributed by atoms with E-state index in [1.807, 2.05) is 26.0 Å². The molecule has 0 atom stereocenters. The van der Waals surface area contributed by atoms with Crippen LogP contribution in [0, 0.1) is 0 Å². The van der Waals surface area contributed by atoms with Crippen molar-refractivity contribution in [3.05, 3.63) is 34.9 Å². The number of carbonyl (C=O) groups is 1. The van der Waals surface area contributed by atoms with Gasteiger partial charge in [0.15, 0.2) is 0 Å². The van der Waals surface area contributed by atoms with Crippen LogP contribution in [0.5, 0.6) is 0 Å². The topological polar surface area (TPSA) is 20.3 Å². The maximum Gasteiger partial charge on any atom is 0.255 e. The molecule has 0 aliphatic heterocycles. The summed E-state index contributed by atoms with van der Waals surface area (Å²) in [4.78, 5) is 13.5. The van der Waals surface area contributed by atoms with Crippen LogP contribution in [0.25, 0.3) is 0 Å². The molecule has 0 bridgehead atoms. The molecule has 0 spiro atoms. The number of benzene rings is 1. The number of amides is 1. The van der Waals surface area contributed by atoms with Crippen LogP contribution < -0.4 is 0 Å². The van der Waals surface area contributed by atoms with Gasteiger partial charge in [0, 0.05) is 13.1 Å². The van der Waals surface area contributed by atoms with Gasteiger partial charge in [-0.1, -0.05) is 23.7 Å². The summed E-state index contributed by atoms with van der Waals surface area (Å²) in [5.41, 5.74) is 0.561. The highest BCUT2D eigenvalue weighted by molar-refractivity contribution is 6.33. The van der Waals surface area contributed by atoms with Crippen molar-refractivity contribution in [3.63, 3.8) is 0 Å². The Morgan fingerprint density at radius 3 is 2.43 bits per heavy atom. The third-order valence-electron chi connectivity index (χ3n) is 2.20. The van der Waals surface area contributed by atoms with Gasteiger partial charge in [-0.15, -0.1) is 0 Å². The van der Waals surface area contributed by atoms with E-state index in [9.17, 15) is 4.79 Å². The predicted octanol–water partition coefficient (Wildman–Crippen LogP) is 2.82. The Balaban J connectivity index is 2.95. The lowest BCUT2D eigenvalue weighted by Crippen LogP contribution is -2.33. The fraction of sp³-hybridized carbons (Fsp3) is 0.364. The Morgan fingerprint density at radius 1 is 1.36 bits per heavy atom. The first-order valence-corrected chi connectivity index (χ1v) is 4.93. The van der Waals surface area contributed by atoms with E-state index in [0.29, 0.717) is 10.6 Å². The van der Waals surface area contributed by atoms with E-state index in [1.54, 1.807) is 24.1 Å². The summed E-state index contributed by atoms with van der Waals surface area (Å²) in [7, 11) is 1.77. The Labute approximate surface area is 89.5 Å². The summed E-state index contributed by atoms with van der Waals surface area (Å²) in [6.45, 7) is 3.93. The molecule has 0 aliphatic rings. The van der Waals surface area contributed by atoms with Crippen LogP contribution in [0.4, 0.5) is 0 Å². The van der Waals surface area contributed by atoms with E-state index >= 15 is 0 Å². The maximum absolute atomic E-state index is 11.8. The molecule has 14 heavy (non-hydrogen) atoms. The van der Waals surface area contributed by atoms with E-state index in [0.717, 1.165) is 0 Å². The molecular weight excluding hydrogens is 198 g/mol. The van der Waals surface area contributed by atoms with Crippen LogP contribution >= 0.6 is 11.6 Å². The molecule has 0 fully saturated rings. The molecule has 0 aromatic heterocycles. The standard InChI is InChI=1S/C11H14ClNO/c1-8(2)13(3)11(14)9-6-4-5-7-10(9)12/h4-8H,1-3H3. The van der Waals surface area contributed by atoms with Gasteiger partial charge in [0.05, 0.1) is 10.6 Å². The molecule has 1 amide bonds. The average molecular weight is 212 g/mol. The molecule has 0 saturated carbocycles. The normalized spacial score (nSPS) is 10.4. The Bertz CT molecular complexity index is 336. The predicted molar refractivity (Wildman–Crippen MR) is 58.7 cm³/mol. The summed E-state index contributed by atoms with van der Waals surface area (Å²) in [6.07, 6.45) is 0. The third-order valence-corrected chi connectivity index (χ3v) is 2.53. The van der Waals surface area contributed by atoms with Crippen molar-refractivity contribution in [1.82, 2.24) is 4.90 Å².